The molecule has 2 N–H and O–H groups in total. The van der Waals surface area contributed by atoms with Gasteiger partial charge in [0.25, 0.3) is 0 Å². The van der Waals surface area contributed by atoms with Gasteiger partial charge >= 0.3 is 6.03 Å². The molecule has 3 amide bonds. The number of piperidine rings is 1. The van der Waals surface area contributed by atoms with Crippen molar-refractivity contribution in [3.05, 3.63) is 0 Å². The van der Waals surface area contributed by atoms with E-state index in [9.17, 15) is 9.59 Å². The molecule has 0 atom stereocenters. The summed E-state index contributed by atoms with van der Waals surface area (Å²) in [4.78, 5) is 31.2. The second-order valence-electron chi connectivity index (χ2n) is 6.34. The molecule has 26 heavy (non-hydrogen) atoms. The van der Waals surface area contributed by atoms with Crippen molar-refractivity contribution >= 4 is 17.9 Å². The van der Waals surface area contributed by atoms with E-state index in [1.54, 1.807) is 7.11 Å². The molecule has 9 heteroatoms. The summed E-state index contributed by atoms with van der Waals surface area (Å²) in [6.07, 6.45) is 3.13. The van der Waals surface area contributed by atoms with Crippen LogP contribution in [-0.2, 0) is 14.3 Å². The Morgan fingerprint density at radius 1 is 1.31 bits per heavy atom. The van der Waals surface area contributed by atoms with Gasteiger partial charge in [0.15, 0.2) is 5.96 Å². The zero-order valence-corrected chi connectivity index (χ0v) is 15.8. The molecule has 0 saturated carbocycles. The van der Waals surface area contributed by atoms with Crippen LogP contribution in [0.25, 0.3) is 0 Å². The van der Waals surface area contributed by atoms with Gasteiger partial charge in [0.05, 0.1) is 25.7 Å². The molecule has 0 aromatic heterocycles. The standard InChI is InChI=1S/C17H31N5O4/c1-3-18-16(19-7-10-22-15(23)13-20-17(22)24)21-8-5-14(6-9-21)26-12-4-11-25-2/h14H,3-13H2,1-2H3,(H,18,19)(H,20,24). The highest BCUT2D eigenvalue weighted by atomic mass is 16.5. The van der Waals surface area contributed by atoms with E-state index >= 15 is 0 Å². The van der Waals surface area contributed by atoms with Gasteiger partial charge in [-0.3, -0.25) is 14.7 Å². The van der Waals surface area contributed by atoms with Crippen LogP contribution in [0.3, 0.4) is 0 Å². The summed E-state index contributed by atoms with van der Waals surface area (Å²) in [5.41, 5.74) is 0. The van der Waals surface area contributed by atoms with Gasteiger partial charge in [0.1, 0.15) is 0 Å². The van der Waals surface area contributed by atoms with Gasteiger partial charge < -0.3 is 25.0 Å². The first-order valence-electron chi connectivity index (χ1n) is 9.37. The second-order valence-corrected chi connectivity index (χ2v) is 6.34. The van der Waals surface area contributed by atoms with Crippen LogP contribution in [0.2, 0.25) is 0 Å². The number of carbonyl (C=O) groups excluding carboxylic acids is 2. The Morgan fingerprint density at radius 3 is 2.69 bits per heavy atom. The van der Waals surface area contributed by atoms with Gasteiger partial charge in [0, 0.05) is 40.0 Å². The third-order valence-corrected chi connectivity index (χ3v) is 4.44. The summed E-state index contributed by atoms with van der Waals surface area (Å²) in [6.45, 7) is 6.81. The molecule has 2 rings (SSSR count). The molecule has 2 aliphatic rings. The van der Waals surface area contributed by atoms with E-state index < -0.39 is 0 Å². The van der Waals surface area contributed by atoms with Crippen molar-refractivity contribution in [1.82, 2.24) is 20.4 Å². The van der Waals surface area contributed by atoms with E-state index in [4.69, 9.17) is 9.47 Å². The molecule has 0 aromatic rings. The summed E-state index contributed by atoms with van der Waals surface area (Å²) in [7, 11) is 1.70. The summed E-state index contributed by atoms with van der Waals surface area (Å²) in [5, 5.41) is 5.81. The number of guanidine groups is 1. The molecule has 0 radical (unpaired) electrons. The van der Waals surface area contributed by atoms with Crippen LogP contribution in [0, 0.1) is 0 Å². The predicted molar refractivity (Wildman–Crippen MR) is 98.1 cm³/mol. The lowest BCUT2D eigenvalue weighted by Crippen LogP contribution is -2.47. The molecule has 2 aliphatic heterocycles. The number of nitrogens with one attached hydrogen (secondary N) is 2. The van der Waals surface area contributed by atoms with Crippen LogP contribution in [0.1, 0.15) is 26.2 Å². The monoisotopic (exact) mass is 369 g/mol. The van der Waals surface area contributed by atoms with Crippen molar-refractivity contribution in [1.29, 1.82) is 0 Å². The molecule has 9 nitrogen and oxygen atoms in total. The zero-order valence-electron chi connectivity index (χ0n) is 15.8. The zero-order chi connectivity index (χ0) is 18.8. The van der Waals surface area contributed by atoms with Crippen LogP contribution in [-0.4, -0.2) is 93.4 Å². The summed E-state index contributed by atoms with van der Waals surface area (Å²) in [6, 6.07) is -0.332. The van der Waals surface area contributed by atoms with Gasteiger partial charge in [-0.1, -0.05) is 0 Å². The molecule has 2 fully saturated rings. The van der Waals surface area contributed by atoms with Gasteiger partial charge in [-0.15, -0.1) is 0 Å². The topological polar surface area (TPSA) is 95.5 Å². The van der Waals surface area contributed by atoms with E-state index in [0.29, 0.717) is 13.1 Å². The van der Waals surface area contributed by atoms with E-state index in [1.807, 2.05) is 6.92 Å². The highest BCUT2D eigenvalue weighted by molar-refractivity contribution is 6.01. The minimum Gasteiger partial charge on any atom is -0.385 e. The van der Waals surface area contributed by atoms with E-state index in [-0.39, 0.29) is 24.6 Å². The number of carbonyl (C=O) groups is 2. The molecule has 0 bridgehead atoms. The Kier molecular flexibility index (Phi) is 8.63. The number of amides is 3. The minimum atomic E-state index is -0.332. The number of likely N-dealkylation sites (tertiary alicyclic amines) is 1. The molecule has 2 saturated heterocycles. The highest BCUT2D eigenvalue weighted by Crippen LogP contribution is 2.14. The number of imide groups is 1. The lowest BCUT2D eigenvalue weighted by Gasteiger charge is -2.34. The minimum absolute atomic E-state index is 0.0838. The normalized spacial score (nSPS) is 19.2. The molecule has 148 valence electrons. The number of urea groups is 1. The highest BCUT2D eigenvalue weighted by Gasteiger charge is 2.28. The second kappa shape index (κ2) is 11.0. The Labute approximate surface area is 155 Å². The van der Waals surface area contributed by atoms with Gasteiger partial charge in [-0.25, -0.2) is 4.79 Å². The van der Waals surface area contributed by atoms with Crippen molar-refractivity contribution in [2.75, 3.05) is 59.6 Å². The maximum absolute atomic E-state index is 11.6. The molecular weight excluding hydrogens is 338 g/mol. The fourth-order valence-corrected chi connectivity index (χ4v) is 3.05. The van der Waals surface area contributed by atoms with Crippen molar-refractivity contribution in [3.8, 4) is 0 Å². The number of rotatable bonds is 9. The summed E-state index contributed by atoms with van der Waals surface area (Å²) < 4.78 is 10.9. The van der Waals surface area contributed by atoms with Crippen molar-refractivity contribution in [2.24, 2.45) is 4.99 Å². The molecular formula is C17H31N5O4. The van der Waals surface area contributed by atoms with Crippen molar-refractivity contribution < 1.29 is 19.1 Å². The number of hydrogen-bond acceptors (Lipinski definition) is 5. The largest absolute Gasteiger partial charge is 0.385 e. The van der Waals surface area contributed by atoms with E-state index in [1.165, 1.54) is 4.90 Å². The predicted octanol–water partition coefficient (Wildman–Crippen LogP) is 0.0212. The van der Waals surface area contributed by atoms with Gasteiger partial charge in [-0.05, 0) is 26.2 Å². The molecule has 0 unspecified atom stereocenters. The smallest absolute Gasteiger partial charge is 0.324 e. The number of aliphatic imine (C=N–C) groups is 1. The van der Waals surface area contributed by atoms with Crippen molar-refractivity contribution in [2.45, 2.75) is 32.3 Å². The fraction of sp³-hybridized carbons (Fsp3) is 0.824. The molecule has 0 spiro atoms. The first-order valence-corrected chi connectivity index (χ1v) is 9.37. The average molecular weight is 369 g/mol. The lowest BCUT2D eigenvalue weighted by molar-refractivity contribution is -0.124. The number of ether oxygens (including phenoxy) is 2. The van der Waals surface area contributed by atoms with Crippen LogP contribution in [0.4, 0.5) is 4.79 Å². The quantitative estimate of drug-likeness (QED) is 0.258. The molecule has 0 aromatic carbocycles. The third-order valence-electron chi connectivity index (χ3n) is 4.44. The number of methoxy groups -OCH3 is 1. The first kappa shape index (κ1) is 20.4. The Hall–Kier alpha value is -1.87. The Morgan fingerprint density at radius 2 is 2.08 bits per heavy atom. The first-order chi connectivity index (χ1) is 12.7. The van der Waals surface area contributed by atoms with E-state index in [0.717, 1.165) is 58.1 Å². The number of hydrogen-bond donors (Lipinski definition) is 2. The molecule has 0 aliphatic carbocycles. The van der Waals surface area contributed by atoms with Crippen LogP contribution in [0.5, 0.6) is 0 Å². The van der Waals surface area contributed by atoms with E-state index in [2.05, 4.69) is 20.5 Å². The average Bonchev–Trinajstić information content (AvgIpc) is 2.97. The van der Waals surface area contributed by atoms with Crippen LogP contribution in [0.15, 0.2) is 4.99 Å². The summed E-state index contributed by atoms with van der Waals surface area (Å²) >= 11 is 0. The SMILES string of the molecule is CCNC(=NCCN1C(=O)CNC1=O)N1CCC(OCCCOC)CC1. The number of nitrogens with zero attached hydrogens (tertiary/aromatic N) is 3. The Bertz CT molecular complexity index is 476. The van der Waals surface area contributed by atoms with Crippen LogP contribution >= 0.6 is 0 Å². The molecule has 2 heterocycles. The van der Waals surface area contributed by atoms with Gasteiger partial charge in [-0.2, -0.15) is 0 Å². The maximum Gasteiger partial charge on any atom is 0.324 e. The van der Waals surface area contributed by atoms with Crippen LogP contribution < -0.4 is 10.6 Å². The van der Waals surface area contributed by atoms with Gasteiger partial charge in [0.2, 0.25) is 5.91 Å². The third kappa shape index (κ3) is 6.14. The van der Waals surface area contributed by atoms with Crippen molar-refractivity contribution in [3.63, 3.8) is 0 Å². The summed E-state index contributed by atoms with van der Waals surface area (Å²) in [5.74, 6) is 0.638. The fourth-order valence-electron chi connectivity index (χ4n) is 3.05. The Balaban J connectivity index is 1.76. The maximum atomic E-state index is 11.6. The lowest BCUT2D eigenvalue weighted by atomic mass is 10.1.